The molecule has 112 valence electrons. The summed E-state index contributed by atoms with van der Waals surface area (Å²) in [6, 6.07) is 5.51. The van der Waals surface area contributed by atoms with E-state index in [-0.39, 0.29) is 11.5 Å². The predicted molar refractivity (Wildman–Crippen MR) is 69.2 cm³/mol. The molecule has 1 aromatic carbocycles. The number of hydrogen-bond donors (Lipinski definition) is 5. The van der Waals surface area contributed by atoms with Gasteiger partial charge in [-0.3, -0.25) is 0 Å². The molecule has 1 aliphatic heterocycles. The Balaban J connectivity index is 2.07. The Hall–Kier alpha value is -1.23. The van der Waals surface area contributed by atoms with Gasteiger partial charge in [0.25, 0.3) is 0 Å². The number of anilines is 1. The Labute approximate surface area is 115 Å². The zero-order valence-corrected chi connectivity index (χ0v) is 11.2. The first-order chi connectivity index (χ1) is 9.29. The van der Waals surface area contributed by atoms with Crippen LogP contribution >= 0.6 is 0 Å². The number of ether oxygens (including phenoxy) is 1. The van der Waals surface area contributed by atoms with Crippen molar-refractivity contribution in [3.05, 3.63) is 24.3 Å². The quantitative estimate of drug-likeness (QED) is 0.443. The molecule has 1 heterocycles. The number of primary sulfonamides is 1. The maximum atomic E-state index is 11.1. The van der Waals surface area contributed by atoms with Crippen molar-refractivity contribution in [2.45, 2.75) is 29.4 Å². The minimum atomic E-state index is -3.76. The second-order valence-corrected chi connectivity index (χ2v) is 6.08. The molecule has 1 aliphatic rings. The minimum Gasteiger partial charge on any atom is -0.388 e. The van der Waals surface area contributed by atoms with Crippen molar-refractivity contribution in [2.75, 3.05) is 11.9 Å². The van der Waals surface area contributed by atoms with Crippen LogP contribution in [-0.2, 0) is 14.8 Å². The summed E-state index contributed by atoms with van der Waals surface area (Å²) < 4.78 is 27.4. The molecule has 0 unspecified atom stereocenters. The SMILES string of the molecule is NS(=O)(=O)c1ccc(N[C@H]2OC[C@@H](O)[C@@H](O)[C@@H]2O)cc1. The minimum absolute atomic E-state index is 0.0383. The molecular formula is C11H16N2O6S. The second-order valence-electron chi connectivity index (χ2n) is 4.52. The van der Waals surface area contributed by atoms with Crippen LogP contribution < -0.4 is 10.5 Å². The van der Waals surface area contributed by atoms with E-state index >= 15 is 0 Å². The van der Waals surface area contributed by atoms with E-state index in [2.05, 4.69) is 5.32 Å². The lowest BCUT2D eigenvalue weighted by Crippen LogP contribution is -2.55. The van der Waals surface area contributed by atoms with Crippen LogP contribution in [-0.4, -0.2) is 54.9 Å². The van der Waals surface area contributed by atoms with Crippen LogP contribution in [0.3, 0.4) is 0 Å². The van der Waals surface area contributed by atoms with Gasteiger partial charge < -0.3 is 25.4 Å². The average Bonchev–Trinajstić information content (AvgIpc) is 2.39. The molecule has 8 nitrogen and oxygen atoms in total. The molecule has 20 heavy (non-hydrogen) atoms. The lowest BCUT2D eigenvalue weighted by Gasteiger charge is -2.35. The summed E-state index contributed by atoms with van der Waals surface area (Å²) in [4.78, 5) is -0.0383. The van der Waals surface area contributed by atoms with E-state index in [1.807, 2.05) is 0 Å². The third-order valence-electron chi connectivity index (χ3n) is 2.99. The van der Waals surface area contributed by atoms with Crippen LogP contribution in [0, 0.1) is 0 Å². The van der Waals surface area contributed by atoms with E-state index in [0.717, 1.165) is 0 Å². The number of rotatable bonds is 3. The van der Waals surface area contributed by atoms with Crippen LogP contribution in [0.1, 0.15) is 0 Å². The summed E-state index contributed by atoms with van der Waals surface area (Å²) in [5, 5.41) is 36.3. The van der Waals surface area contributed by atoms with Gasteiger partial charge in [-0.2, -0.15) is 0 Å². The van der Waals surface area contributed by atoms with Crippen LogP contribution in [0.15, 0.2) is 29.2 Å². The normalized spacial score (nSPS) is 31.0. The molecule has 0 aliphatic carbocycles. The highest BCUT2D eigenvalue weighted by Gasteiger charge is 2.37. The van der Waals surface area contributed by atoms with Gasteiger partial charge in [0.05, 0.1) is 11.5 Å². The fourth-order valence-corrected chi connectivity index (χ4v) is 2.35. The first-order valence-electron chi connectivity index (χ1n) is 5.84. The van der Waals surface area contributed by atoms with Crippen molar-refractivity contribution in [3.8, 4) is 0 Å². The van der Waals surface area contributed by atoms with Gasteiger partial charge in [0.15, 0.2) is 6.23 Å². The Morgan fingerprint density at radius 1 is 1.15 bits per heavy atom. The molecule has 0 amide bonds. The summed E-state index contributed by atoms with van der Waals surface area (Å²) in [5.41, 5.74) is 0.477. The Bertz CT molecular complexity index is 561. The van der Waals surface area contributed by atoms with Crippen molar-refractivity contribution < 1.29 is 28.5 Å². The molecule has 0 bridgehead atoms. The van der Waals surface area contributed by atoms with Crippen LogP contribution in [0.4, 0.5) is 5.69 Å². The average molecular weight is 304 g/mol. The van der Waals surface area contributed by atoms with Gasteiger partial charge in [0.1, 0.15) is 18.3 Å². The van der Waals surface area contributed by atoms with Crippen molar-refractivity contribution in [3.63, 3.8) is 0 Å². The first kappa shape index (κ1) is 15.2. The molecule has 0 aromatic heterocycles. The first-order valence-corrected chi connectivity index (χ1v) is 7.39. The molecule has 1 aromatic rings. The van der Waals surface area contributed by atoms with E-state index in [1.165, 1.54) is 24.3 Å². The molecule has 0 saturated carbocycles. The lowest BCUT2D eigenvalue weighted by molar-refractivity contribution is -0.178. The van der Waals surface area contributed by atoms with E-state index < -0.39 is 34.6 Å². The number of nitrogens with two attached hydrogens (primary N) is 1. The third-order valence-corrected chi connectivity index (χ3v) is 3.92. The fraction of sp³-hybridized carbons (Fsp3) is 0.455. The van der Waals surface area contributed by atoms with Gasteiger partial charge in [-0.05, 0) is 24.3 Å². The van der Waals surface area contributed by atoms with Gasteiger partial charge >= 0.3 is 0 Å². The summed E-state index contributed by atoms with van der Waals surface area (Å²) in [6.45, 7) is -0.120. The van der Waals surface area contributed by atoms with Crippen LogP contribution in [0.2, 0.25) is 0 Å². The van der Waals surface area contributed by atoms with E-state index in [0.29, 0.717) is 5.69 Å². The highest BCUT2D eigenvalue weighted by atomic mass is 32.2. The van der Waals surface area contributed by atoms with E-state index in [9.17, 15) is 23.7 Å². The number of nitrogens with one attached hydrogen (secondary N) is 1. The molecule has 1 fully saturated rings. The Kier molecular flexibility index (Phi) is 4.28. The number of aliphatic hydroxyl groups is 3. The summed E-state index contributed by atoms with van der Waals surface area (Å²) >= 11 is 0. The summed E-state index contributed by atoms with van der Waals surface area (Å²) in [5.74, 6) is 0. The largest absolute Gasteiger partial charge is 0.388 e. The van der Waals surface area contributed by atoms with Crippen LogP contribution in [0.25, 0.3) is 0 Å². The topological polar surface area (TPSA) is 142 Å². The molecule has 9 heteroatoms. The van der Waals surface area contributed by atoms with Crippen molar-refractivity contribution in [1.82, 2.24) is 0 Å². The van der Waals surface area contributed by atoms with Gasteiger partial charge in [-0.25, -0.2) is 13.6 Å². The maximum absolute atomic E-state index is 11.1. The maximum Gasteiger partial charge on any atom is 0.238 e. The number of benzene rings is 1. The van der Waals surface area contributed by atoms with Gasteiger partial charge in [0, 0.05) is 5.69 Å². The Morgan fingerprint density at radius 3 is 2.30 bits per heavy atom. The molecule has 2 rings (SSSR count). The number of aliphatic hydroxyl groups excluding tert-OH is 3. The van der Waals surface area contributed by atoms with Crippen molar-refractivity contribution in [2.24, 2.45) is 5.14 Å². The van der Waals surface area contributed by atoms with Crippen molar-refractivity contribution in [1.29, 1.82) is 0 Å². The molecule has 6 N–H and O–H groups in total. The zero-order chi connectivity index (χ0) is 14.9. The van der Waals surface area contributed by atoms with Gasteiger partial charge in [-0.1, -0.05) is 0 Å². The van der Waals surface area contributed by atoms with Gasteiger partial charge in [0.2, 0.25) is 10.0 Å². The van der Waals surface area contributed by atoms with E-state index in [4.69, 9.17) is 9.88 Å². The zero-order valence-electron chi connectivity index (χ0n) is 10.4. The summed E-state index contributed by atoms with van der Waals surface area (Å²) in [6.07, 6.45) is -4.68. The molecule has 4 atom stereocenters. The van der Waals surface area contributed by atoms with Gasteiger partial charge in [-0.15, -0.1) is 0 Å². The lowest BCUT2D eigenvalue weighted by atomic mass is 10.0. The second kappa shape index (κ2) is 5.64. The predicted octanol–water partition coefficient (Wildman–Crippen LogP) is -1.82. The third kappa shape index (κ3) is 3.26. The molecule has 1 saturated heterocycles. The monoisotopic (exact) mass is 304 g/mol. The number of hydrogen-bond acceptors (Lipinski definition) is 7. The standard InChI is InChI=1S/C11H16N2O6S/c12-20(17,18)7-3-1-6(2-4-7)13-11-10(16)9(15)8(14)5-19-11/h1-4,8-11,13-16H,5H2,(H2,12,17,18)/t8-,9-,10+,11+/m1/s1. The highest BCUT2D eigenvalue weighted by Crippen LogP contribution is 2.19. The molecular weight excluding hydrogens is 288 g/mol. The molecule has 0 radical (unpaired) electrons. The van der Waals surface area contributed by atoms with Crippen molar-refractivity contribution >= 4 is 15.7 Å². The highest BCUT2D eigenvalue weighted by molar-refractivity contribution is 7.89. The molecule has 0 spiro atoms. The van der Waals surface area contributed by atoms with Crippen LogP contribution in [0.5, 0.6) is 0 Å². The van der Waals surface area contributed by atoms with E-state index in [1.54, 1.807) is 0 Å². The smallest absolute Gasteiger partial charge is 0.238 e. The summed E-state index contributed by atoms with van der Waals surface area (Å²) in [7, 11) is -3.76. The fourth-order valence-electron chi connectivity index (χ4n) is 1.84. The Morgan fingerprint density at radius 2 is 1.75 bits per heavy atom. The number of sulfonamides is 1.